The first-order valence-corrected chi connectivity index (χ1v) is 10.4. The molecule has 2 aromatic carbocycles. The van der Waals surface area contributed by atoms with Gasteiger partial charge in [-0.2, -0.15) is 0 Å². The van der Waals surface area contributed by atoms with Crippen LogP contribution in [0.15, 0.2) is 54.2 Å². The molecule has 0 aliphatic carbocycles. The van der Waals surface area contributed by atoms with Gasteiger partial charge in [-0.05, 0) is 53.6 Å². The Morgan fingerprint density at radius 3 is 1.97 bits per heavy atom. The Kier molecular flexibility index (Phi) is 5.14. The predicted octanol–water partition coefficient (Wildman–Crippen LogP) is 4.37. The van der Waals surface area contributed by atoms with Crippen LogP contribution in [0, 0.1) is 0 Å². The summed E-state index contributed by atoms with van der Waals surface area (Å²) < 4.78 is 5.25. The molecule has 2 aliphatic rings. The van der Waals surface area contributed by atoms with Crippen LogP contribution in [0.2, 0.25) is 0 Å². The molecule has 1 fully saturated rings. The SMILES string of the molecule is COc1ccc(C2=C(N3CCCC3)C(=O)N(c3ccc(C(C)(C)C)cc3)C2=O)cc1. The average Bonchev–Trinajstić information content (AvgIpc) is 3.33. The van der Waals surface area contributed by atoms with Gasteiger partial charge in [0.05, 0.1) is 18.4 Å². The zero-order valence-corrected chi connectivity index (χ0v) is 18.1. The van der Waals surface area contributed by atoms with Gasteiger partial charge in [0.15, 0.2) is 0 Å². The van der Waals surface area contributed by atoms with Gasteiger partial charge in [-0.3, -0.25) is 9.59 Å². The lowest BCUT2D eigenvalue weighted by atomic mass is 9.87. The molecule has 2 aromatic rings. The molecule has 0 N–H and O–H groups in total. The van der Waals surface area contributed by atoms with E-state index in [2.05, 4.69) is 25.7 Å². The molecule has 0 bridgehead atoms. The van der Waals surface area contributed by atoms with Crippen molar-refractivity contribution in [2.24, 2.45) is 0 Å². The number of benzene rings is 2. The fourth-order valence-electron chi connectivity index (χ4n) is 4.12. The monoisotopic (exact) mass is 404 g/mol. The number of methoxy groups -OCH3 is 1. The van der Waals surface area contributed by atoms with Gasteiger partial charge in [-0.1, -0.05) is 45.0 Å². The van der Waals surface area contributed by atoms with Gasteiger partial charge in [0.2, 0.25) is 0 Å². The smallest absolute Gasteiger partial charge is 0.282 e. The zero-order valence-electron chi connectivity index (χ0n) is 18.1. The van der Waals surface area contributed by atoms with Crippen molar-refractivity contribution in [1.29, 1.82) is 0 Å². The molecule has 0 radical (unpaired) electrons. The van der Waals surface area contributed by atoms with Crippen LogP contribution in [-0.2, 0) is 15.0 Å². The van der Waals surface area contributed by atoms with E-state index in [1.165, 1.54) is 4.90 Å². The molecule has 2 aliphatic heterocycles. The lowest BCUT2D eigenvalue weighted by Crippen LogP contribution is -2.34. The van der Waals surface area contributed by atoms with E-state index in [-0.39, 0.29) is 17.2 Å². The van der Waals surface area contributed by atoms with E-state index in [1.54, 1.807) is 7.11 Å². The lowest BCUT2D eigenvalue weighted by Gasteiger charge is -2.22. The Balaban J connectivity index is 1.76. The number of hydrogen-bond donors (Lipinski definition) is 0. The Bertz CT molecular complexity index is 992. The van der Waals surface area contributed by atoms with Crippen molar-refractivity contribution in [3.05, 3.63) is 65.4 Å². The molecule has 0 spiro atoms. The highest BCUT2D eigenvalue weighted by Crippen LogP contribution is 2.37. The van der Waals surface area contributed by atoms with E-state index in [1.807, 2.05) is 48.5 Å². The number of rotatable bonds is 4. The van der Waals surface area contributed by atoms with Crippen LogP contribution in [0.3, 0.4) is 0 Å². The third-order valence-electron chi connectivity index (χ3n) is 5.85. The number of nitrogens with zero attached hydrogens (tertiary/aromatic N) is 2. The Labute approximate surface area is 177 Å². The fourth-order valence-corrected chi connectivity index (χ4v) is 4.12. The molecular weight excluding hydrogens is 376 g/mol. The molecule has 0 saturated carbocycles. The summed E-state index contributed by atoms with van der Waals surface area (Å²) in [6.07, 6.45) is 2.06. The quantitative estimate of drug-likeness (QED) is 0.710. The second kappa shape index (κ2) is 7.63. The zero-order chi connectivity index (χ0) is 21.5. The molecule has 2 heterocycles. The summed E-state index contributed by atoms with van der Waals surface area (Å²) >= 11 is 0. The molecule has 5 heteroatoms. The Morgan fingerprint density at radius 1 is 0.833 bits per heavy atom. The lowest BCUT2D eigenvalue weighted by molar-refractivity contribution is -0.120. The first-order chi connectivity index (χ1) is 14.3. The highest BCUT2D eigenvalue weighted by Gasteiger charge is 2.43. The number of imide groups is 1. The number of likely N-dealkylation sites (tertiary alicyclic amines) is 1. The summed E-state index contributed by atoms with van der Waals surface area (Å²) in [5.74, 6) is 0.209. The number of anilines is 1. The van der Waals surface area contributed by atoms with E-state index >= 15 is 0 Å². The second-order valence-corrected chi connectivity index (χ2v) is 8.89. The Hall–Kier alpha value is -3.08. The molecule has 0 atom stereocenters. The van der Waals surface area contributed by atoms with Crippen LogP contribution in [0.1, 0.15) is 44.7 Å². The maximum atomic E-state index is 13.5. The largest absolute Gasteiger partial charge is 0.497 e. The van der Waals surface area contributed by atoms with Gasteiger partial charge < -0.3 is 9.64 Å². The van der Waals surface area contributed by atoms with Gasteiger partial charge in [-0.15, -0.1) is 0 Å². The second-order valence-electron chi connectivity index (χ2n) is 8.89. The van der Waals surface area contributed by atoms with E-state index < -0.39 is 0 Å². The number of amides is 2. The van der Waals surface area contributed by atoms with Crippen molar-refractivity contribution in [2.75, 3.05) is 25.1 Å². The van der Waals surface area contributed by atoms with Crippen molar-refractivity contribution >= 4 is 23.1 Å². The minimum Gasteiger partial charge on any atom is -0.497 e. The molecule has 0 aromatic heterocycles. The summed E-state index contributed by atoms with van der Waals surface area (Å²) in [7, 11) is 1.61. The first-order valence-electron chi connectivity index (χ1n) is 10.4. The molecule has 4 rings (SSSR count). The summed E-state index contributed by atoms with van der Waals surface area (Å²) in [4.78, 5) is 30.4. The van der Waals surface area contributed by atoms with Gasteiger partial charge in [0.25, 0.3) is 11.8 Å². The van der Waals surface area contributed by atoms with Crippen LogP contribution in [0.4, 0.5) is 5.69 Å². The molecule has 0 unspecified atom stereocenters. The van der Waals surface area contributed by atoms with Crippen molar-refractivity contribution < 1.29 is 14.3 Å². The van der Waals surface area contributed by atoms with E-state index in [4.69, 9.17) is 4.74 Å². The number of carbonyl (C=O) groups is 2. The van der Waals surface area contributed by atoms with E-state index in [9.17, 15) is 9.59 Å². The van der Waals surface area contributed by atoms with Crippen LogP contribution < -0.4 is 9.64 Å². The van der Waals surface area contributed by atoms with Gasteiger partial charge in [0.1, 0.15) is 11.4 Å². The maximum absolute atomic E-state index is 13.5. The number of hydrogen-bond acceptors (Lipinski definition) is 4. The van der Waals surface area contributed by atoms with Crippen LogP contribution >= 0.6 is 0 Å². The highest BCUT2D eigenvalue weighted by molar-refractivity contribution is 6.45. The van der Waals surface area contributed by atoms with Crippen molar-refractivity contribution in [3.8, 4) is 5.75 Å². The number of carbonyl (C=O) groups excluding carboxylic acids is 2. The van der Waals surface area contributed by atoms with E-state index in [0.29, 0.717) is 22.7 Å². The molecule has 5 nitrogen and oxygen atoms in total. The fraction of sp³-hybridized carbons (Fsp3) is 0.360. The molecular formula is C25H28N2O3. The third-order valence-corrected chi connectivity index (χ3v) is 5.85. The normalized spacial score (nSPS) is 17.3. The number of ether oxygens (including phenoxy) is 1. The molecule has 30 heavy (non-hydrogen) atoms. The van der Waals surface area contributed by atoms with Gasteiger partial charge >= 0.3 is 0 Å². The highest BCUT2D eigenvalue weighted by atomic mass is 16.5. The van der Waals surface area contributed by atoms with Crippen molar-refractivity contribution in [3.63, 3.8) is 0 Å². The standard InChI is InChI=1S/C25H28N2O3/c1-25(2,3)18-9-11-19(12-10-18)27-23(28)21(17-7-13-20(30-4)14-8-17)22(24(27)29)26-15-5-6-16-26/h7-14H,5-6,15-16H2,1-4H3. The average molecular weight is 405 g/mol. The molecule has 2 amide bonds. The van der Waals surface area contributed by atoms with Crippen LogP contribution in [0.5, 0.6) is 5.75 Å². The molecule has 156 valence electrons. The van der Waals surface area contributed by atoms with Crippen LogP contribution in [-0.4, -0.2) is 36.9 Å². The maximum Gasteiger partial charge on any atom is 0.282 e. The third kappa shape index (κ3) is 3.49. The van der Waals surface area contributed by atoms with E-state index in [0.717, 1.165) is 37.1 Å². The van der Waals surface area contributed by atoms with Crippen LogP contribution in [0.25, 0.3) is 5.57 Å². The summed E-state index contributed by atoms with van der Waals surface area (Å²) in [5.41, 5.74) is 3.51. The minimum absolute atomic E-state index is 0.00474. The molecule has 1 saturated heterocycles. The predicted molar refractivity (Wildman–Crippen MR) is 118 cm³/mol. The minimum atomic E-state index is -0.268. The topological polar surface area (TPSA) is 49.9 Å². The summed E-state index contributed by atoms with van der Waals surface area (Å²) in [5, 5.41) is 0. The summed E-state index contributed by atoms with van der Waals surface area (Å²) in [6, 6.07) is 15.1. The van der Waals surface area contributed by atoms with Gasteiger partial charge in [-0.25, -0.2) is 4.90 Å². The first kappa shape index (κ1) is 20.2. The van der Waals surface area contributed by atoms with Crippen molar-refractivity contribution in [1.82, 2.24) is 4.90 Å². The van der Waals surface area contributed by atoms with Crippen molar-refractivity contribution in [2.45, 2.75) is 39.0 Å². The van der Waals surface area contributed by atoms with Gasteiger partial charge in [0, 0.05) is 13.1 Å². The summed E-state index contributed by atoms with van der Waals surface area (Å²) in [6.45, 7) is 8.02. The Morgan fingerprint density at radius 2 is 1.43 bits per heavy atom.